The van der Waals surface area contributed by atoms with Crippen LogP contribution < -0.4 is 9.47 Å². The summed E-state index contributed by atoms with van der Waals surface area (Å²) < 4.78 is 10.6. The van der Waals surface area contributed by atoms with Gasteiger partial charge in [0, 0.05) is 12.0 Å². The minimum Gasteiger partial charge on any atom is -0.496 e. The van der Waals surface area contributed by atoms with Crippen LogP contribution in [0.15, 0.2) is 12.1 Å². The van der Waals surface area contributed by atoms with Gasteiger partial charge >= 0.3 is 0 Å². The van der Waals surface area contributed by atoms with E-state index in [-0.39, 0.29) is 0 Å². The molecule has 0 aliphatic heterocycles. The molecule has 3 heteroatoms. The third-order valence-electron chi connectivity index (χ3n) is 2.60. The van der Waals surface area contributed by atoms with Crippen LogP contribution in [-0.2, 0) is 11.2 Å². The van der Waals surface area contributed by atoms with E-state index in [4.69, 9.17) is 9.47 Å². The number of rotatable bonds is 6. The largest absolute Gasteiger partial charge is 0.496 e. The number of ether oxygens (including phenoxy) is 2. The maximum atomic E-state index is 10.2. The van der Waals surface area contributed by atoms with Crippen molar-refractivity contribution in [1.82, 2.24) is 0 Å². The van der Waals surface area contributed by atoms with Gasteiger partial charge in [-0.2, -0.15) is 0 Å². The molecule has 1 aromatic rings. The average Bonchev–Trinajstić information content (AvgIpc) is 2.31. The lowest BCUT2D eigenvalue weighted by molar-refractivity contribution is -0.107. The molecule has 3 nitrogen and oxygen atoms in total. The van der Waals surface area contributed by atoms with Gasteiger partial charge in [-0.15, -0.1) is 0 Å². The number of hydrogen-bond donors (Lipinski definition) is 0. The monoisotopic (exact) mass is 222 g/mol. The molecule has 0 N–H and O–H groups in total. The Kier molecular flexibility index (Phi) is 4.83. The first-order valence-corrected chi connectivity index (χ1v) is 5.38. The molecule has 1 aromatic carbocycles. The number of aryl methyl sites for hydroxylation is 1. The van der Waals surface area contributed by atoms with Crippen LogP contribution >= 0.6 is 0 Å². The Bertz CT molecular complexity index is 333. The molecule has 0 bridgehead atoms. The fraction of sp³-hybridized carbons (Fsp3) is 0.462. The van der Waals surface area contributed by atoms with E-state index in [1.165, 1.54) is 0 Å². The van der Waals surface area contributed by atoms with E-state index >= 15 is 0 Å². The zero-order valence-corrected chi connectivity index (χ0v) is 10.1. The zero-order chi connectivity index (χ0) is 12.0. The zero-order valence-electron chi connectivity index (χ0n) is 10.1. The third kappa shape index (κ3) is 2.99. The van der Waals surface area contributed by atoms with Crippen LogP contribution in [0.3, 0.4) is 0 Å². The molecule has 0 spiro atoms. The summed E-state index contributed by atoms with van der Waals surface area (Å²) in [5.41, 5.74) is 2.14. The maximum absolute atomic E-state index is 10.2. The minimum atomic E-state index is 0.596. The highest BCUT2D eigenvalue weighted by atomic mass is 16.5. The van der Waals surface area contributed by atoms with Crippen molar-refractivity contribution in [3.05, 3.63) is 23.3 Å². The number of carbonyl (C=O) groups excluding carboxylic acids is 1. The smallest absolute Gasteiger partial charge is 0.125 e. The lowest BCUT2D eigenvalue weighted by Crippen LogP contribution is -1.96. The van der Waals surface area contributed by atoms with Crippen LogP contribution in [0.5, 0.6) is 11.5 Å². The maximum Gasteiger partial charge on any atom is 0.125 e. The summed E-state index contributed by atoms with van der Waals surface area (Å²) in [6.45, 7) is 1.97. The molecule has 1 rings (SSSR count). The van der Waals surface area contributed by atoms with E-state index in [9.17, 15) is 4.79 Å². The molecule has 0 saturated carbocycles. The van der Waals surface area contributed by atoms with E-state index in [1.54, 1.807) is 14.2 Å². The molecule has 0 radical (unpaired) electrons. The van der Waals surface area contributed by atoms with Gasteiger partial charge in [-0.3, -0.25) is 0 Å². The lowest BCUT2D eigenvalue weighted by Gasteiger charge is -2.12. The average molecular weight is 222 g/mol. The summed E-state index contributed by atoms with van der Waals surface area (Å²) in [5.74, 6) is 1.67. The fourth-order valence-electron chi connectivity index (χ4n) is 1.67. The number of unbranched alkanes of at least 4 members (excludes halogenated alkanes) is 1. The quantitative estimate of drug-likeness (QED) is 0.548. The van der Waals surface area contributed by atoms with E-state index < -0.39 is 0 Å². The fourth-order valence-corrected chi connectivity index (χ4v) is 1.67. The van der Waals surface area contributed by atoms with Gasteiger partial charge in [-0.1, -0.05) is 0 Å². The molecule has 0 heterocycles. The van der Waals surface area contributed by atoms with Crippen LogP contribution in [0.2, 0.25) is 0 Å². The second kappa shape index (κ2) is 6.16. The van der Waals surface area contributed by atoms with Crippen molar-refractivity contribution in [3.63, 3.8) is 0 Å². The van der Waals surface area contributed by atoms with Gasteiger partial charge in [0.2, 0.25) is 0 Å². The van der Waals surface area contributed by atoms with Crippen LogP contribution in [0.1, 0.15) is 24.0 Å². The van der Waals surface area contributed by atoms with Crippen LogP contribution in [0.4, 0.5) is 0 Å². The molecular formula is C13H18O3. The number of hydrogen-bond acceptors (Lipinski definition) is 3. The first-order chi connectivity index (χ1) is 7.72. The highest BCUT2D eigenvalue weighted by molar-refractivity contribution is 5.50. The first kappa shape index (κ1) is 12.6. The van der Waals surface area contributed by atoms with Crippen molar-refractivity contribution < 1.29 is 14.3 Å². The molecule has 0 fully saturated rings. The molecule has 88 valence electrons. The summed E-state index contributed by atoms with van der Waals surface area (Å²) in [6, 6.07) is 4.01. The van der Waals surface area contributed by atoms with E-state index in [1.807, 2.05) is 19.1 Å². The lowest BCUT2D eigenvalue weighted by atomic mass is 10.0. The normalized spacial score (nSPS) is 9.94. The molecule has 0 aliphatic carbocycles. The van der Waals surface area contributed by atoms with Crippen molar-refractivity contribution in [1.29, 1.82) is 0 Å². The highest BCUT2D eigenvalue weighted by Crippen LogP contribution is 2.29. The van der Waals surface area contributed by atoms with Crippen molar-refractivity contribution in [2.24, 2.45) is 0 Å². The molecule has 16 heavy (non-hydrogen) atoms. The van der Waals surface area contributed by atoms with Crippen molar-refractivity contribution in [3.8, 4) is 11.5 Å². The molecule has 0 amide bonds. The second-order valence-corrected chi connectivity index (χ2v) is 3.68. The Hall–Kier alpha value is -1.51. The first-order valence-electron chi connectivity index (χ1n) is 5.38. The summed E-state index contributed by atoms with van der Waals surface area (Å²) in [4.78, 5) is 10.2. The Balaban J connectivity index is 2.88. The number of benzene rings is 1. The minimum absolute atomic E-state index is 0.596. The standard InChI is InChI=1S/C13H18O3/c1-10-12(15-2)8-11(6-4-5-7-14)9-13(10)16-3/h7-9H,4-6H2,1-3H3. The second-order valence-electron chi connectivity index (χ2n) is 3.68. The van der Waals surface area contributed by atoms with E-state index in [0.717, 1.165) is 41.8 Å². The third-order valence-corrected chi connectivity index (χ3v) is 2.60. The van der Waals surface area contributed by atoms with Gasteiger partial charge < -0.3 is 14.3 Å². The van der Waals surface area contributed by atoms with Crippen molar-refractivity contribution in [2.45, 2.75) is 26.2 Å². The van der Waals surface area contributed by atoms with Gasteiger partial charge in [0.25, 0.3) is 0 Å². The highest BCUT2D eigenvalue weighted by Gasteiger charge is 2.07. The van der Waals surface area contributed by atoms with Crippen LogP contribution in [-0.4, -0.2) is 20.5 Å². The Labute approximate surface area is 96.4 Å². The molecule has 0 aromatic heterocycles. The number of aldehydes is 1. The predicted octanol–water partition coefficient (Wildman–Crippen LogP) is 2.53. The Morgan fingerprint density at radius 3 is 2.19 bits per heavy atom. The van der Waals surface area contributed by atoms with Crippen LogP contribution in [0.25, 0.3) is 0 Å². The topological polar surface area (TPSA) is 35.5 Å². The van der Waals surface area contributed by atoms with Gasteiger partial charge in [-0.05, 0) is 37.5 Å². The van der Waals surface area contributed by atoms with Crippen molar-refractivity contribution in [2.75, 3.05) is 14.2 Å². The molecule has 0 atom stereocenters. The van der Waals surface area contributed by atoms with Gasteiger partial charge in [0.05, 0.1) is 14.2 Å². The number of carbonyl (C=O) groups is 1. The molecule has 0 unspecified atom stereocenters. The SMILES string of the molecule is COc1cc(CCCC=O)cc(OC)c1C. The molecular weight excluding hydrogens is 204 g/mol. The summed E-state index contributed by atoms with van der Waals surface area (Å²) in [7, 11) is 3.30. The Morgan fingerprint density at radius 2 is 1.75 bits per heavy atom. The van der Waals surface area contributed by atoms with Crippen molar-refractivity contribution >= 4 is 6.29 Å². The van der Waals surface area contributed by atoms with E-state index in [2.05, 4.69) is 0 Å². The van der Waals surface area contributed by atoms with Gasteiger partial charge in [0.15, 0.2) is 0 Å². The predicted molar refractivity (Wildman–Crippen MR) is 63.3 cm³/mol. The van der Waals surface area contributed by atoms with Gasteiger partial charge in [-0.25, -0.2) is 0 Å². The van der Waals surface area contributed by atoms with Crippen LogP contribution in [0, 0.1) is 6.92 Å². The van der Waals surface area contributed by atoms with E-state index in [0.29, 0.717) is 6.42 Å². The van der Waals surface area contributed by atoms with Gasteiger partial charge in [0.1, 0.15) is 17.8 Å². The number of methoxy groups -OCH3 is 2. The molecule has 0 aliphatic rings. The summed E-state index contributed by atoms with van der Waals surface area (Å²) >= 11 is 0. The summed E-state index contributed by atoms with van der Waals surface area (Å²) in [6.07, 6.45) is 3.27. The Morgan fingerprint density at radius 1 is 1.19 bits per heavy atom. The molecule has 0 saturated heterocycles. The summed E-state index contributed by atoms with van der Waals surface area (Å²) in [5, 5.41) is 0.